The van der Waals surface area contributed by atoms with Crippen molar-refractivity contribution in [1.29, 1.82) is 0 Å². The Labute approximate surface area is 659 Å². The summed E-state index contributed by atoms with van der Waals surface area (Å²) in [6.45, 7) is 20.1. The molecule has 6 rings (SSSR count). The maximum Gasteiger partial charge on any atom is 0.407 e. The van der Waals surface area contributed by atoms with Gasteiger partial charge in [-0.15, -0.1) is 0 Å². The molecule has 4 saturated carbocycles. The minimum absolute atomic E-state index is 0.103. The molecule has 632 valence electrons. The van der Waals surface area contributed by atoms with Crippen molar-refractivity contribution in [3.63, 3.8) is 0 Å². The van der Waals surface area contributed by atoms with Gasteiger partial charge in [0.15, 0.2) is 12.2 Å². The Morgan fingerprint density at radius 3 is 0.798 bits per heavy atom. The van der Waals surface area contributed by atoms with Crippen LogP contribution < -0.4 is 21.3 Å². The number of ether oxygens (including phenoxy) is 11. The van der Waals surface area contributed by atoms with Gasteiger partial charge in [0.05, 0.1) is 13.2 Å². The number of rotatable bonds is 64. The predicted molar refractivity (Wildman–Crippen MR) is 427 cm³/mol. The first-order valence-corrected chi connectivity index (χ1v) is 44.8. The summed E-state index contributed by atoms with van der Waals surface area (Å²) < 4.78 is 63.0. The summed E-state index contributed by atoms with van der Waals surface area (Å²) in [5, 5.41) is 12.5. The molecule has 4 aliphatic carbocycles. The summed E-state index contributed by atoms with van der Waals surface area (Å²) in [7, 11) is 0. The van der Waals surface area contributed by atoms with Crippen molar-refractivity contribution < 1.29 is 80.9 Å². The molecule has 6 fully saturated rings. The van der Waals surface area contributed by atoms with E-state index in [1.165, 1.54) is 64.2 Å². The highest BCUT2D eigenvalue weighted by Crippen LogP contribution is 2.38. The lowest BCUT2D eigenvalue weighted by Gasteiger charge is -2.34. The molecule has 0 aromatic rings. The third-order valence-electron chi connectivity index (χ3n) is 23.4. The van der Waals surface area contributed by atoms with E-state index in [0.29, 0.717) is 101 Å². The molecule has 6 unspecified atom stereocenters. The molecule has 2 saturated heterocycles. The fraction of sp³-hybridized carbons (Fsp3) is 0.930. The second-order valence-electron chi connectivity index (χ2n) is 33.3. The van der Waals surface area contributed by atoms with E-state index in [1.807, 2.05) is 0 Å². The van der Waals surface area contributed by atoms with E-state index in [-0.39, 0.29) is 61.5 Å². The zero-order chi connectivity index (χ0) is 77.4. The average Bonchev–Trinajstić information content (AvgIpc) is 1.68. The van der Waals surface area contributed by atoms with Crippen molar-refractivity contribution in [2.24, 2.45) is 23.7 Å². The van der Waals surface area contributed by atoms with Crippen molar-refractivity contribution in [2.75, 3.05) is 119 Å². The lowest BCUT2D eigenvalue weighted by molar-refractivity contribution is -0.147. The molecule has 23 heteroatoms. The van der Waals surface area contributed by atoms with E-state index in [4.69, 9.17) is 52.1 Å². The number of nitrogens with zero attached hydrogens (tertiary/aromatic N) is 2. The normalized spacial score (nSPS) is 24.4. The first-order chi connectivity index (χ1) is 53.3. The number of amides is 4. The van der Waals surface area contributed by atoms with E-state index >= 15 is 0 Å². The van der Waals surface area contributed by atoms with Crippen LogP contribution >= 0.6 is 0 Å². The van der Waals surface area contributed by atoms with Crippen molar-refractivity contribution in [2.45, 2.75) is 372 Å². The number of hydrogen-bond acceptors (Lipinski definition) is 19. The zero-order valence-corrected chi connectivity index (χ0v) is 69.0. The smallest absolute Gasteiger partial charge is 0.407 e. The lowest BCUT2D eigenvalue weighted by atomic mass is 9.76. The minimum atomic E-state index is -0.473. The first-order valence-electron chi connectivity index (χ1n) is 44.8. The molecule has 0 aromatic heterocycles. The molecule has 0 radical (unpaired) electrons. The number of carbonyl (C=O) groups is 6. The molecule has 0 bridgehead atoms. The maximum atomic E-state index is 13.0. The predicted octanol–water partition coefficient (Wildman–Crippen LogP) is 17.2. The van der Waals surface area contributed by atoms with Crippen LogP contribution in [0.25, 0.3) is 0 Å². The van der Waals surface area contributed by atoms with E-state index in [2.05, 4.69) is 58.8 Å². The highest BCUT2D eigenvalue weighted by Gasteiger charge is 2.36. The van der Waals surface area contributed by atoms with Gasteiger partial charge >= 0.3 is 36.3 Å². The summed E-state index contributed by atoms with van der Waals surface area (Å²) in [4.78, 5) is 80.6. The molecule has 2 heterocycles. The number of hydrogen-bond donors (Lipinski definition) is 4. The highest BCUT2D eigenvalue weighted by atomic mass is 16.6. The molecular formula is C86H156N6O17. The highest BCUT2D eigenvalue weighted by molar-refractivity contribution is 5.71. The van der Waals surface area contributed by atoms with Crippen molar-refractivity contribution in [3.05, 3.63) is 0 Å². The molecule has 4 N–H and O–H groups in total. The van der Waals surface area contributed by atoms with Gasteiger partial charge in [0.25, 0.3) is 0 Å². The summed E-state index contributed by atoms with van der Waals surface area (Å²) >= 11 is 0. The van der Waals surface area contributed by atoms with Crippen LogP contribution in [0.3, 0.4) is 0 Å². The molecule has 2 aliphatic heterocycles. The quantitative estimate of drug-likeness (QED) is 0.0191. The Morgan fingerprint density at radius 2 is 0.541 bits per heavy atom. The standard InChI is InChI=1S/C86H156N6O17/c1-5-7-9-11-13-15-17-31-81(93)106-67-79(65-91-63-69(91)3)108-85(97)89-77-45-37-73(38-46-77)61-71-33-41-75(42-34-71)87-83(95)104-59-29-27-57-102-55-25-23-53-100-51-21-19-49-99-50-20-22-52-101-54-24-26-56-103-58-28-30-60-105-84(96)88-76-43-35-72(36-44-76)62-74-39-47-78(48-40-74)90-86(98)109-80(66-92-64-70(92)4)68-107-82(94)32-18-16-14-12-10-8-6-2/h69-80H,5-68H2,1-4H3,(H,87,95)(H,88,96)(H,89,97)(H,90,98). The zero-order valence-electron chi connectivity index (χ0n) is 69.0. The fourth-order valence-electron chi connectivity index (χ4n) is 16.2. The third-order valence-corrected chi connectivity index (χ3v) is 23.4. The van der Waals surface area contributed by atoms with Gasteiger partial charge in [-0.25, -0.2) is 19.2 Å². The van der Waals surface area contributed by atoms with Crippen LogP contribution in [-0.2, 0) is 61.7 Å². The number of unbranched alkanes of at least 4 members (excludes halogenated alkanes) is 18. The van der Waals surface area contributed by atoms with Crippen LogP contribution in [0.1, 0.15) is 323 Å². The van der Waals surface area contributed by atoms with Gasteiger partial charge in [0, 0.05) is 141 Å². The van der Waals surface area contributed by atoms with Crippen LogP contribution in [0.4, 0.5) is 19.2 Å². The van der Waals surface area contributed by atoms with Crippen molar-refractivity contribution in [1.82, 2.24) is 31.1 Å². The molecule has 109 heavy (non-hydrogen) atoms. The first kappa shape index (κ1) is 93.6. The third kappa shape index (κ3) is 47.9. The number of carbonyl (C=O) groups excluding carboxylic acids is 6. The fourth-order valence-corrected chi connectivity index (χ4v) is 16.2. The molecule has 0 spiro atoms. The number of alkyl carbamates (subject to hydrolysis) is 4. The summed E-state index contributed by atoms with van der Waals surface area (Å²) in [5.41, 5.74) is 0. The van der Waals surface area contributed by atoms with Crippen molar-refractivity contribution >= 4 is 36.3 Å². The summed E-state index contributed by atoms with van der Waals surface area (Å²) in [5.74, 6) is 2.24. The van der Waals surface area contributed by atoms with E-state index in [0.717, 1.165) is 271 Å². The molecule has 6 atom stereocenters. The minimum Gasteiger partial charge on any atom is -0.462 e. The van der Waals surface area contributed by atoms with Crippen LogP contribution in [0.2, 0.25) is 0 Å². The molecule has 0 aromatic carbocycles. The molecule has 4 amide bonds. The van der Waals surface area contributed by atoms with Gasteiger partial charge < -0.3 is 73.4 Å². The SMILES string of the molecule is CCCCCCCCCC(=O)OCC(CN1CC1C)OC(=O)NC1CCC(CC2CCC(NC(=O)OCCCCOCCCCOCCCCOCCCCOCCCCOCCCCOC(=O)NC3CCC(CC4CCC(NC(=O)OC(COC(=O)CCCCCCCCC)CN5CC5C)CC4)CC3)CC2)CC1. The Balaban J connectivity index is 0.602. The molecular weight excluding hydrogens is 1390 g/mol. The van der Waals surface area contributed by atoms with Crippen LogP contribution in [0, 0.1) is 23.7 Å². The second kappa shape index (κ2) is 60.3. The maximum absolute atomic E-state index is 13.0. The average molecular weight is 1550 g/mol. The summed E-state index contributed by atoms with van der Waals surface area (Å²) in [6, 6.07) is 1.48. The lowest BCUT2D eigenvalue weighted by Crippen LogP contribution is -2.42. The van der Waals surface area contributed by atoms with Gasteiger partial charge in [-0.05, 0) is 243 Å². The van der Waals surface area contributed by atoms with E-state index in [1.54, 1.807) is 0 Å². The van der Waals surface area contributed by atoms with Gasteiger partial charge in [-0.1, -0.05) is 90.9 Å². The molecule has 23 nitrogen and oxygen atoms in total. The van der Waals surface area contributed by atoms with Crippen LogP contribution in [0.15, 0.2) is 0 Å². The number of esters is 2. The van der Waals surface area contributed by atoms with Gasteiger partial charge in [0.1, 0.15) is 13.2 Å². The molecule has 6 aliphatic rings. The Bertz CT molecular complexity index is 2180. The monoisotopic (exact) mass is 1550 g/mol. The Morgan fingerprint density at radius 1 is 0.303 bits per heavy atom. The number of nitrogens with one attached hydrogen (secondary N) is 4. The topological polar surface area (TPSA) is 258 Å². The van der Waals surface area contributed by atoms with Gasteiger partial charge in [-0.2, -0.15) is 0 Å². The summed E-state index contributed by atoms with van der Waals surface area (Å²) in [6.07, 6.45) is 44.6. The van der Waals surface area contributed by atoms with Crippen LogP contribution in [-0.4, -0.2) is 213 Å². The Hall–Kier alpha value is -4.26. The van der Waals surface area contributed by atoms with Crippen molar-refractivity contribution in [3.8, 4) is 0 Å². The van der Waals surface area contributed by atoms with E-state index < -0.39 is 24.4 Å². The van der Waals surface area contributed by atoms with Crippen LogP contribution in [0.5, 0.6) is 0 Å². The van der Waals surface area contributed by atoms with Gasteiger partial charge in [0.2, 0.25) is 0 Å². The Kier molecular flexibility index (Phi) is 51.8. The largest absolute Gasteiger partial charge is 0.462 e. The second-order valence-corrected chi connectivity index (χ2v) is 33.3. The van der Waals surface area contributed by atoms with Gasteiger partial charge in [-0.3, -0.25) is 19.4 Å². The van der Waals surface area contributed by atoms with E-state index in [9.17, 15) is 28.8 Å².